The molecule has 0 unspecified atom stereocenters. The lowest BCUT2D eigenvalue weighted by Gasteiger charge is -1.69. The van der Waals surface area contributed by atoms with E-state index in [1.807, 2.05) is 0 Å². The highest BCUT2D eigenvalue weighted by Gasteiger charge is 1.79. The van der Waals surface area contributed by atoms with Gasteiger partial charge in [0, 0.05) is 0 Å². The molecular weight excluding hydrogens is 92.1 g/mol. The average Bonchev–Trinajstić information content (AvgIpc) is 2.14. The molecule has 1 aromatic heterocycles. The van der Waals surface area contributed by atoms with E-state index in [1.54, 1.807) is 6.19 Å². The fraction of sp³-hybridized carbons (Fsp3) is 0. The Bertz CT molecular complexity index is 169. The van der Waals surface area contributed by atoms with Gasteiger partial charge in [0.1, 0.15) is 6.20 Å². The first-order valence-electron chi connectivity index (χ1n) is 1.62. The van der Waals surface area contributed by atoms with Crippen LogP contribution in [0.2, 0.25) is 0 Å². The van der Waals surface area contributed by atoms with Gasteiger partial charge in [0.15, 0.2) is 0 Å². The number of nitrogens with zero attached hydrogens (tertiary/aromatic N) is 4. The second-order valence-corrected chi connectivity index (χ2v) is 0.892. The lowest BCUT2D eigenvalue weighted by Crippen LogP contribution is -1.86. The molecule has 0 N–H and O–H groups in total. The molecule has 0 aliphatic rings. The monoisotopic (exact) mass is 93.0 g/mol. The third-order valence-corrected chi connectivity index (χ3v) is 0.481. The van der Waals surface area contributed by atoms with Gasteiger partial charge in [0.25, 0.3) is 0 Å². The zero-order chi connectivity index (χ0) is 5.11. The largest absolute Gasteiger partial charge is 0.207 e. The standard InChI is InChI=1S/C3HN4/c4-3-7-2-1-5-6-7/h2H. The van der Waals surface area contributed by atoms with E-state index in [1.165, 1.54) is 6.20 Å². The van der Waals surface area contributed by atoms with Gasteiger partial charge in [-0.05, 0) is 0 Å². The highest BCUT2D eigenvalue weighted by molar-refractivity contribution is 4.75. The van der Waals surface area contributed by atoms with Gasteiger partial charge in [-0.25, -0.2) is 0 Å². The van der Waals surface area contributed by atoms with Gasteiger partial charge in [0.05, 0.1) is 6.20 Å². The average molecular weight is 93.1 g/mol. The summed E-state index contributed by atoms with van der Waals surface area (Å²) in [6.07, 6.45) is 5.43. The van der Waals surface area contributed by atoms with Crippen LogP contribution in [0.3, 0.4) is 0 Å². The maximum atomic E-state index is 8.02. The molecule has 33 valence electrons. The van der Waals surface area contributed by atoms with E-state index in [-0.39, 0.29) is 0 Å². The topological polar surface area (TPSA) is 54.5 Å². The zero-order valence-corrected chi connectivity index (χ0v) is 3.37. The summed E-state index contributed by atoms with van der Waals surface area (Å²) in [4.78, 5) is 0. The maximum absolute atomic E-state index is 8.02. The Kier molecular flexibility index (Phi) is 0.755. The Morgan fingerprint density at radius 2 is 2.71 bits per heavy atom. The number of hydrogen-bond donors (Lipinski definition) is 0. The summed E-state index contributed by atoms with van der Waals surface area (Å²) in [6.45, 7) is 0. The second-order valence-electron chi connectivity index (χ2n) is 0.892. The van der Waals surface area contributed by atoms with Crippen LogP contribution in [0.25, 0.3) is 0 Å². The molecule has 4 nitrogen and oxygen atoms in total. The minimum atomic E-state index is 1.01. The van der Waals surface area contributed by atoms with Crippen LogP contribution in [0.5, 0.6) is 0 Å². The van der Waals surface area contributed by atoms with Crippen molar-refractivity contribution < 1.29 is 0 Å². The van der Waals surface area contributed by atoms with Crippen LogP contribution in [0.1, 0.15) is 0 Å². The molecule has 0 aliphatic heterocycles. The molecule has 0 amide bonds. The van der Waals surface area contributed by atoms with E-state index >= 15 is 0 Å². The molecule has 1 aromatic rings. The Morgan fingerprint density at radius 3 is 3.00 bits per heavy atom. The summed E-state index contributed by atoms with van der Waals surface area (Å²) < 4.78 is 1.01. The van der Waals surface area contributed by atoms with E-state index in [4.69, 9.17) is 5.26 Å². The molecule has 0 saturated heterocycles. The number of rotatable bonds is 0. The second kappa shape index (κ2) is 1.39. The lowest BCUT2D eigenvalue weighted by atomic mass is 10.9. The van der Waals surface area contributed by atoms with Crippen molar-refractivity contribution in [2.75, 3.05) is 0 Å². The van der Waals surface area contributed by atoms with Crippen molar-refractivity contribution in [1.29, 1.82) is 5.26 Å². The molecule has 0 atom stereocenters. The minimum Gasteiger partial charge on any atom is -0.170 e. The Labute approximate surface area is 40.0 Å². The van der Waals surface area contributed by atoms with Gasteiger partial charge in [0.2, 0.25) is 6.19 Å². The lowest BCUT2D eigenvalue weighted by molar-refractivity contribution is 0.815. The fourth-order valence-electron chi connectivity index (χ4n) is 0.229. The van der Waals surface area contributed by atoms with Gasteiger partial charge in [-0.1, -0.05) is 5.21 Å². The molecule has 0 aromatic carbocycles. The third kappa shape index (κ3) is 0.550. The Morgan fingerprint density at radius 1 is 1.86 bits per heavy atom. The summed E-state index contributed by atoms with van der Waals surface area (Å²) in [7, 11) is 0. The van der Waals surface area contributed by atoms with Gasteiger partial charge in [-0.15, -0.1) is 5.10 Å². The van der Waals surface area contributed by atoms with Crippen LogP contribution in [-0.4, -0.2) is 15.0 Å². The highest BCUT2D eigenvalue weighted by atomic mass is 15.4. The molecule has 0 aliphatic carbocycles. The van der Waals surface area contributed by atoms with Crippen LogP contribution >= 0.6 is 0 Å². The molecule has 0 bridgehead atoms. The summed E-state index contributed by atoms with van der Waals surface area (Å²) in [5, 5.41) is 14.6. The van der Waals surface area contributed by atoms with Crippen molar-refractivity contribution in [1.82, 2.24) is 15.0 Å². The van der Waals surface area contributed by atoms with Crippen molar-refractivity contribution in [3.8, 4) is 6.19 Å². The molecule has 1 rings (SSSR count). The van der Waals surface area contributed by atoms with Crippen molar-refractivity contribution in [3.05, 3.63) is 12.4 Å². The Hall–Kier alpha value is -1.37. The summed E-state index contributed by atoms with van der Waals surface area (Å²) >= 11 is 0. The number of hydrogen-bond acceptors (Lipinski definition) is 3. The van der Waals surface area contributed by atoms with Crippen molar-refractivity contribution in [2.24, 2.45) is 0 Å². The SMILES string of the molecule is N#Cn1c[c]nn1. The first-order valence-corrected chi connectivity index (χ1v) is 1.62. The third-order valence-electron chi connectivity index (χ3n) is 0.481. The van der Waals surface area contributed by atoms with E-state index in [9.17, 15) is 0 Å². The van der Waals surface area contributed by atoms with Crippen LogP contribution < -0.4 is 0 Å². The van der Waals surface area contributed by atoms with Gasteiger partial charge < -0.3 is 0 Å². The number of nitriles is 1. The van der Waals surface area contributed by atoms with Crippen LogP contribution in [0.4, 0.5) is 0 Å². The predicted molar refractivity (Wildman–Crippen MR) is 19.9 cm³/mol. The van der Waals surface area contributed by atoms with Gasteiger partial charge in [-0.3, -0.25) is 0 Å². The van der Waals surface area contributed by atoms with Gasteiger partial charge >= 0.3 is 0 Å². The molecular formula is C3HN4. The molecule has 1 heterocycles. The van der Waals surface area contributed by atoms with E-state index in [0.29, 0.717) is 0 Å². The molecule has 1 radical (unpaired) electrons. The smallest absolute Gasteiger partial charge is 0.170 e. The highest BCUT2D eigenvalue weighted by Crippen LogP contribution is 1.68. The van der Waals surface area contributed by atoms with Crippen molar-refractivity contribution in [2.45, 2.75) is 0 Å². The summed E-state index contributed by atoms with van der Waals surface area (Å²) in [5.74, 6) is 0. The van der Waals surface area contributed by atoms with Crippen LogP contribution in [0.15, 0.2) is 6.20 Å². The summed E-state index contributed by atoms with van der Waals surface area (Å²) in [5.41, 5.74) is 0. The van der Waals surface area contributed by atoms with Crippen LogP contribution in [0, 0.1) is 17.7 Å². The molecule has 0 fully saturated rings. The minimum absolute atomic E-state index is 1.01. The molecule has 0 spiro atoms. The fourth-order valence-corrected chi connectivity index (χ4v) is 0.229. The van der Waals surface area contributed by atoms with E-state index in [0.717, 1.165) is 4.68 Å². The zero-order valence-electron chi connectivity index (χ0n) is 3.37. The normalized spacial score (nSPS) is 7.86. The molecule has 4 heteroatoms. The molecule has 7 heavy (non-hydrogen) atoms. The van der Waals surface area contributed by atoms with Gasteiger partial charge in [-0.2, -0.15) is 9.94 Å². The number of aromatic nitrogens is 3. The maximum Gasteiger partial charge on any atom is 0.207 e. The van der Waals surface area contributed by atoms with Crippen LogP contribution in [-0.2, 0) is 0 Å². The summed E-state index contributed by atoms with van der Waals surface area (Å²) in [6, 6.07) is 0. The first-order chi connectivity index (χ1) is 3.43. The predicted octanol–water partition coefficient (Wildman–Crippen LogP) is -0.593. The van der Waals surface area contributed by atoms with Crippen molar-refractivity contribution >= 4 is 0 Å². The molecule has 0 saturated carbocycles. The van der Waals surface area contributed by atoms with Crippen molar-refractivity contribution in [3.63, 3.8) is 0 Å². The van der Waals surface area contributed by atoms with E-state index < -0.39 is 0 Å². The first kappa shape index (κ1) is 3.81. The van der Waals surface area contributed by atoms with E-state index in [2.05, 4.69) is 16.5 Å². The quantitative estimate of drug-likeness (QED) is 0.430. The Balaban J connectivity index is 3.04.